The Bertz CT molecular complexity index is 440. The first kappa shape index (κ1) is 16.9. The lowest BCUT2D eigenvalue weighted by Gasteiger charge is -2.03. The molecule has 0 radical (unpaired) electrons. The van der Waals surface area contributed by atoms with Crippen LogP contribution in [0.25, 0.3) is 0 Å². The molecule has 0 aliphatic rings. The molecule has 0 aromatic heterocycles. The minimum atomic E-state index is -0.00189. The lowest BCUT2D eigenvalue weighted by atomic mass is 10.1. The summed E-state index contributed by atoms with van der Waals surface area (Å²) in [5.74, 6) is -0.00189. The van der Waals surface area contributed by atoms with Crippen LogP contribution < -0.4 is 5.43 Å². The number of hydrogen-bond donors (Lipinski definition) is 1. The van der Waals surface area contributed by atoms with Crippen molar-refractivity contribution in [2.75, 3.05) is 0 Å². The number of nitrogens with zero attached hydrogens (tertiary/aromatic N) is 1. The standard InChI is InChI=1S/C16H23BrN2O/c1-3-4-5-6-7-8-16(20)19-18-13(2)14-9-11-15(17)12-10-14/h9-12H,3-8H2,1-2H3,(H,19,20)/b18-13+. The Morgan fingerprint density at radius 2 is 1.80 bits per heavy atom. The minimum Gasteiger partial charge on any atom is -0.273 e. The van der Waals surface area contributed by atoms with Crippen molar-refractivity contribution in [1.82, 2.24) is 5.43 Å². The van der Waals surface area contributed by atoms with Crippen LogP contribution >= 0.6 is 15.9 Å². The van der Waals surface area contributed by atoms with E-state index in [0.717, 1.165) is 28.6 Å². The maximum Gasteiger partial charge on any atom is 0.240 e. The van der Waals surface area contributed by atoms with Gasteiger partial charge in [0.25, 0.3) is 0 Å². The van der Waals surface area contributed by atoms with E-state index in [-0.39, 0.29) is 5.91 Å². The summed E-state index contributed by atoms with van der Waals surface area (Å²) in [6.07, 6.45) is 6.31. The molecule has 0 spiro atoms. The van der Waals surface area contributed by atoms with E-state index in [1.54, 1.807) is 0 Å². The van der Waals surface area contributed by atoms with E-state index < -0.39 is 0 Å². The summed E-state index contributed by atoms with van der Waals surface area (Å²) in [7, 11) is 0. The molecule has 20 heavy (non-hydrogen) atoms. The smallest absolute Gasteiger partial charge is 0.240 e. The van der Waals surface area contributed by atoms with Crippen molar-refractivity contribution in [2.45, 2.75) is 52.4 Å². The predicted octanol–water partition coefficient (Wildman–Crippen LogP) is 4.65. The van der Waals surface area contributed by atoms with Gasteiger partial charge in [-0.3, -0.25) is 4.79 Å². The topological polar surface area (TPSA) is 41.5 Å². The molecule has 1 aromatic carbocycles. The van der Waals surface area contributed by atoms with Gasteiger partial charge in [0.05, 0.1) is 5.71 Å². The fourth-order valence-electron chi connectivity index (χ4n) is 1.85. The maximum absolute atomic E-state index is 11.6. The van der Waals surface area contributed by atoms with Gasteiger partial charge in [-0.25, -0.2) is 5.43 Å². The molecule has 0 atom stereocenters. The minimum absolute atomic E-state index is 0.00189. The number of hydrogen-bond acceptors (Lipinski definition) is 2. The Morgan fingerprint density at radius 3 is 2.45 bits per heavy atom. The monoisotopic (exact) mass is 338 g/mol. The van der Waals surface area contributed by atoms with Gasteiger partial charge in [-0.05, 0) is 31.0 Å². The molecule has 0 unspecified atom stereocenters. The summed E-state index contributed by atoms with van der Waals surface area (Å²) < 4.78 is 1.03. The molecular weight excluding hydrogens is 316 g/mol. The number of nitrogens with one attached hydrogen (secondary N) is 1. The van der Waals surface area contributed by atoms with E-state index >= 15 is 0 Å². The van der Waals surface area contributed by atoms with Crippen molar-refractivity contribution < 1.29 is 4.79 Å². The molecule has 1 N–H and O–H groups in total. The summed E-state index contributed by atoms with van der Waals surface area (Å²) >= 11 is 3.39. The second kappa shape index (κ2) is 9.70. The van der Waals surface area contributed by atoms with E-state index in [1.807, 2.05) is 31.2 Å². The van der Waals surface area contributed by atoms with Gasteiger partial charge in [-0.2, -0.15) is 5.10 Å². The van der Waals surface area contributed by atoms with Crippen LogP contribution in [0, 0.1) is 0 Å². The molecule has 0 heterocycles. The maximum atomic E-state index is 11.6. The third-order valence-electron chi connectivity index (χ3n) is 3.12. The van der Waals surface area contributed by atoms with Crippen molar-refractivity contribution in [3.8, 4) is 0 Å². The quantitative estimate of drug-likeness (QED) is 0.418. The van der Waals surface area contributed by atoms with Crippen molar-refractivity contribution in [2.24, 2.45) is 5.10 Å². The lowest BCUT2D eigenvalue weighted by molar-refractivity contribution is -0.121. The predicted molar refractivity (Wildman–Crippen MR) is 87.9 cm³/mol. The van der Waals surface area contributed by atoms with Gasteiger partial charge in [-0.15, -0.1) is 0 Å². The number of unbranched alkanes of at least 4 members (excludes halogenated alkanes) is 4. The molecule has 0 bridgehead atoms. The van der Waals surface area contributed by atoms with Gasteiger partial charge in [0.1, 0.15) is 0 Å². The number of halogens is 1. The zero-order valence-corrected chi connectivity index (χ0v) is 13.9. The summed E-state index contributed by atoms with van der Waals surface area (Å²) in [6, 6.07) is 7.87. The zero-order chi connectivity index (χ0) is 14.8. The SMILES string of the molecule is CCCCCCCC(=O)N/N=C(\C)c1ccc(Br)cc1. The average Bonchev–Trinajstić information content (AvgIpc) is 2.45. The number of hydrazone groups is 1. The Balaban J connectivity index is 2.31. The summed E-state index contributed by atoms with van der Waals surface area (Å²) in [4.78, 5) is 11.6. The van der Waals surface area contributed by atoms with Crippen LogP contribution in [-0.2, 0) is 4.79 Å². The van der Waals surface area contributed by atoms with Gasteiger partial charge in [0.15, 0.2) is 0 Å². The van der Waals surface area contributed by atoms with Gasteiger partial charge < -0.3 is 0 Å². The Hall–Kier alpha value is -1.16. The summed E-state index contributed by atoms with van der Waals surface area (Å²) in [6.45, 7) is 4.08. The Kier molecular flexibility index (Phi) is 8.19. The molecule has 0 saturated heterocycles. The fraction of sp³-hybridized carbons (Fsp3) is 0.500. The molecule has 0 aliphatic carbocycles. The van der Waals surface area contributed by atoms with Gasteiger partial charge >= 0.3 is 0 Å². The van der Waals surface area contributed by atoms with E-state index in [2.05, 4.69) is 33.4 Å². The molecule has 1 amide bonds. The van der Waals surface area contributed by atoms with Crippen LogP contribution in [0.1, 0.15) is 57.9 Å². The van der Waals surface area contributed by atoms with E-state index in [0.29, 0.717) is 6.42 Å². The number of carbonyl (C=O) groups is 1. The number of carbonyl (C=O) groups excluding carboxylic acids is 1. The van der Waals surface area contributed by atoms with Gasteiger partial charge in [0.2, 0.25) is 5.91 Å². The second-order valence-electron chi connectivity index (χ2n) is 4.90. The van der Waals surface area contributed by atoms with Crippen LogP contribution in [0.4, 0.5) is 0 Å². The highest BCUT2D eigenvalue weighted by atomic mass is 79.9. The molecule has 110 valence electrons. The van der Waals surface area contributed by atoms with Crippen molar-refractivity contribution in [3.63, 3.8) is 0 Å². The van der Waals surface area contributed by atoms with Crippen molar-refractivity contribution in [1.29, 1.82) is 0 Å². The first-order valence-corrected chi connectivity index (χ1v) is 8.02. The Morgan fingerprint density at radius 1 is 1.15 bits per heavy atom. The Labute approximate surface area is 130 Å². The van der Waals surface area contributed by atoms with Crippen LogP contribution in [-0.4, -0.2) is 11.6 Å². The average molecular weight is 339 g/mol. The zero-order valence-electron chi connectivity index (χ0n) is 12.3. The molecule has 4 heteroatoms. The molecule has 0 aliphatic heterocycles. The fourth-order valence-corrected chi connectivity index (χ4v) is 2.11. The third-order valence-corrected chi connectivity index (χ3v) is 3.65. The highest BCUT2D eigenvalue weighted by Crippen LogP contribution is 2.11. The molecule has 3 nitrogen and oxygen atoms in total. The molecule has 1 rings (SSSR count). The van der Waals surface area contributed by atoms with E-state index in [4.69, 9.17) is 0 Å². The molecule has 0 saturated carbocycles. The first-order valence-electron chi connectivity index (χ1n) is 7.22. The summed E-state index contributed by atoms with van der Waals surface area (Å²) in [5, 5.41) is 4.14. The van der Waals surface area contributed by atoms with Crippen LogP contribution in [0.15, 0.2) is 33.8 Å². The first-order chi connectivity index (χ1) is 9.63. The van der Waals surface area contributed by atoms with Crippen molar-refractivity contribution in [3.05, 3.63) is 34.3 Å². The molecule has 1 aromatic rings. The lowest BCUT2D eigenvalue weighted by Crippen LogP contribution is -2.18. The highest BCUT2D eigenvalue weighted by molar-refractivity contribution is 9.10. The van der Waals surface area contributed by atoms with Crippen LogP contribution in [0.5, 0.6) is 0 Å². The molecular formula is C16H23BrN2O. The van der Waals surface area contributed by atoms with E-state index in [1.165, 1.54) is 19.3 Å². The van der Waals surface area contributed by atoms with Crippen molar-refractivity contribution >= 4 is 27.5 Å². The molecule has 0 fully saturated rings. The van der Waals surface area contributed by atoms with Crippen LogP contribution in [0.2, 0.25) is 0 Å². The third kappa shape index (κ3) is 6.85. The largest absolute Gasteiger partial charge is 0.273 e. The normalized spacial score (nSPS) is 11.4. The number of rotatable bonds is 8. The van der Waals surface area contributed by atoms with Gasteiger partial charge in [0, 0.05) is 10.9 Å². The summed E-state index contributed by atoms with van der Waals surface area (Å²) in [5.41, 5.74) is 4.45. The highest BCUT2D eigenvalue weighted by Gasteiger charge is 2.01. The number of amides is 1. The van der Waals surface area contributed by atoms with E-state index in [9.17, 15) is 4.79 Å². The second-order valence-corrected chi connectivity index (χ2v) is 5.82. The number of benzene rings is 1. The van der Waals surface area contributed by atoms with Gasteiger partial charge in [-0.1, -0.05) is 60.7 Å². The van der Waals surface area contributed by atoms with Crippen LogP contribution in [0.3, 0.4) is 0 Å².